The van der Waals surface area contributed by atoms with Crippen LogP contribution in [0, 0.1) is 5.82 Å². The van der Waals surface area contributed by atoms with Gasteiger partial charge in [-0.1, -0.05) is 0 Å². The Labute approximate surface area is 193 Å². The van der Waals surface area contributed by atoms with E-state index in [1.54, 1.807) is 29.6 Å². The summed E-state index contributed by atoms with van der Waals surface area (Å²) >= 11 is 2.53. The van der Waals surface area contributed by atoms with E-state index in [2.05, 4.69) is 15.2 Å². The van der Waals surface area contributed by atoms with Crippen molar-refractivity contribution in [1.82, 2.24) is 4.90 Å². The summed E-state index contributed by atoms with van der Waals surface area (Å²) in [6.07, 6.45) is 4.47. The lowest BCUT2D eigenvalue weighted by molar-refractivity contribution is 0.104. The second-order valence-electron chi connectivity index (χ2n) is 7.26. The summed E-state index contributed by atoms with van der Waals surface area (Å²) in [5.41, 5.74) is 1.47. The third-order valence-electron chi connectivity index (χ3n) is 5.08. The highest BCUT2D eigenvalue weighted by atomic mass is 32.1. The Morgan fingerprint density at radius 2 is 2.09 bits per heavy atom. The molecule has 1 saturated heterocycles. The zero-order valence-corrected chi connectivity index (χ0v) is 18.9. The number of aldehydes is 1. The maximum atomic E-state index is 14.3. The number of carbonyl (C=O) groups is 2. The van der Waals surface area contributed by atoms with Gasteiger partial charge in [-0.3, -0.25) is 14.5 Å². The number of aliphatic imine (C=N–C) groups is 1. The standard InChI is InChI=1S/C23H22FN3O3S2/c24-18-11-17(3-4-20(18)30-9-8-27-6-1-2-7-27)25-15-26-19-12-21(32-22(19)13-28)23(29)16-5-10-31-14-16/h3-5,10-15H,1-2,6-9H2,(H,25,26). The molecule has 1 N–H and O–H groups in total. The largest absolute Gasteiger partial charge is 0.489 e. The van der Waals surface area contributed by atoms with Gasteiger partial charge in [0.05, 0.1) is 21.8 Å². The number of hydrogen-bond acceptors (Lipinski definition) is 7. The fourth-order valence-corrected chi connectivity index (χ4v) is 4.92. The minimum atomic E-state index is -0.461. The van der Waals surface area contributed by atoms with Gasteiger partial charge in [0.2, 0.25) is 5.78 Å². The number of anilines is 1. The molecule has 1 aliphatic rings. The minimum Gasteiger partial charge on any atom is -0.489 e. The normalized spacial score (nSPS) is 14.2. The van der Waals surface area contributed by atoms with Crippen molar-refractivity contribution in [3.05, 3.63) is 62.2 Å². The van der Waals surface area contributed by atoms with Crippen LogP contribution < -0.4 is 10.1 Å². The number of rotatable bonds is 10. The Balaban J connectivity index is 1.35. The van der Waals surface area contributed by atoms with Gasteiger partial charge in [-0.05, 0) is 55.6 Å². The number of ketones is 1. The Morgan fingerprint density at radius 3 is 2.81 bits per heavy atom. The molecule has 3 heterocycles. The number of thiophene rings is 2. The van der Waals surface area contributed by atoms with Gasteiger partial charge in [0.25, 0.3) is 0 Å². The van der Waals surface area contributed by atoms with Gasteiger partial charge in [0, 0.05) is 29.2 Å². The van der Waals surface area contributed by atoms with Gasteiger partial charge in [-0.15, -0.1) is 11.3 Å². The maximum Gasteiger partial charge on any atom is 0.203 e. The molecule has 0 bridgehead atoms. The highest BCUT2D eigenvalue weighted by Gasteiger charge is 2.16. The van der Waals surface area contributed by atoms with Crippen LogP contribution in [0.1, 0.15) is 37.7 Å². The van der Waals surface area contributed by atoms with E-state index < -0.39 is 5.82 Å². The van der Waals surface area contributed by atoms with Crippen LogP contribution in [0.3, 0.4) is 0 Å². The number of nitrogens with one attached hydrogen (secondary N) is 1. The predicted molar refractivity (Wildman–Crippen MR) is 127 cm³/mol. The van der Waals surface area contributed by atoms with E-state index in [0.717, 1.165) is 31.0 Å². The van der Waals surface area contributed by atoms with Gasteiger partial charge in [0.15, 0.2) is 17.9 Å². The molecule has 0 atom stereocenters. The first kappa shape index (κ1) is 22.3. The molecule has 1 aromatic carbocycles. The molecule has 0 spiro atoms. The highest BCUT2D eigenvalue weighted by Crippen LogP contribution is 2.30. The van der Waals surface area contributed by atoms with E-state index in [1.807, 2.05) is 5.38 Å². The Hall–Kier alpha value is -2.88. The number of carbonyl (C=O) groups excluding carboxylic acids is 2. The van der Waals surface area contributed by atoms with E-state index in [1.165, 1.54) is 36.6 Å². The summed E-state index contributed by atoms with van der Waals surface area (Å²) in [7, 11) is 0. The zero-order valence-electron chi connectivity index (χ0n) is 17.3. The first-order valence-corrected chi connectivity index (χ1v) is 12.0. The molecular weight excluding hydrogens is 449 g/mol. The average molecular weight is 472 g/mol. The third kappa shape index (κ3) is 5.48. The summed E-state index contributed by atoms with van der Waals surface area (Å²) in [4.78, 5) is 31.2. The quantitative estimate of drug-likeness (QED) is 0.190. The molecule has 0 radical (unpaired) electrons. The monoisotopic (exact) mass is 471 g/mol. The van der Waals surface area contributed by atoms with Crippen molar-refractivity contribution >= 4 is 52.5 Å². The van der Waals surface area contributed by atoms with E-state index in [-0.39, 0.29) is 11.5 Å². The molecule has 0 saturated carbocycles. The van der Waals surface area contributed by atoms with Crippen molar-refractivity contribution in [2.75, 3.05) is 31.6 Å². The lowest BCUT2D eigenvalue weighted by atomic mass is 10.2. The SMILES string of the molecule is O=Cc1sc(C(=O)c2ccsc2)cc1N=CNc1ccc(OCCN2CCCC2)c(F)c1. The van der Waals surface area contributed by atoms with E-state index in [4.69, 9.17) is 4.74 Å². The van der Waals surface area contributed by atoms with Crippen molar-refractivity contribution in [3.8, 4) is 5.75 Å². The van der Waals surface area contributed by atoms with Gasteiger partial charge in [0.1, 0.15) is 6.61 Å². The summed E-state index contributed by atoms with van der Waals surface area (Å²) in [5, 5.41) is 6.48. The lowest BCUT2D eigenvalue weighted by Gasteiger charge is -2.15. The topological polar surface area (TPSA) is 71.0 Å². The fraction of sp³-hybridized carbons (Fsp3) is 0.261. The smallest absolute Gasteiger partial charge is 0.203 e. The molecule has 1 aliphatic heterocycles. The zero-order chi connectivity index (χ0) is 22.3. The Kier molecular flexibility index (Phi) is 7.41. The van der Waals surface area contributed by atoms with E-state index >= 15 is 0 Å². The van der Waals surface area contributed by atoms with Crippen LogP contribution in [0.4, 0.5) is 15.8 Å². The van der Waals surface area contributed by atoms with Crippen molar-refractivity contribution in [1.29, 1.82) is 0 Å². The number of nitrogens with zero attached hydrogens (tertiary/aromatic N) is 2. The molecule has 2 aromatic heterocycles. The molecule has 32 heavy (non-hydrogen) atoms. The summed E-state index contributed by atoms with van der Waals surface area (Å²) in [6, 6.07) is 7.93. The van der Waals surface area contributed by atoms with Crippen molar-refractivity contribution in [2.24, 2.45) is 4.99 Å². The van der Waals surface area contributed by atoms with Crippen LogP contribution in [0.15, 0.2) is 46.1 Å². The predicted octanol–water partition coefficient (Wildman–Crippen LogP) is 5.24. The molecule has 9 heteroatoms. The van der Waals surface area contributed by atoms with Gasteiger partial charge < -0.3 is 10.1 Å². The van der Waals surface area contributed by atoms with Crippen LogP contribution in [0.2, 0.25) is 0 Å². The molecule has 4 rings (SSSR count). The van der Waals surface area contributed by atoms with Crippen molar-refractivity contribution in [3.63, 3.8) is 0 Å². The summed E-state index contributed by atoms with van der Waals surface area (Å²) < 4.78 is 19.9. The average Bonchev–Trinajstić information content (AvgIpc) is 3.57. The molecule has 3 aromatic rings. The lowest BCUT2D eigenvalue weighted by Crippen LogP contribution is -2.25. The van der Waals surface area contributed by atoms with Crippen molar-refractivity contribution in [2.45, 2.75) is 12.8 Å². The molecule has 0 unspecified atom stereocenters. The van der Waals surface area contributed by atoms with Crippen LogP contribution >= 0.6 is 22.7 Å². The summed E-state index contributed by atoms with van der Waals surface area (Å²) in [5.74, 6) is -0.391. The molecule has 0 amide bonds. The molecule has 0 aliphatic carbocycles. The molecule has 166 valence electrons. The first-order valence-electron chi connectivity index (χ1n) is 10.2. The fourth-order valence-electron chi connectivity index (χ4n) is 3.40. The number of halogens is 1. The number of benzene rings is 1. The summed E-state index contributed by atoms with van der Waals surface area (Å²) in [6.45, 7) is 3.40. The number of hydrogen-bond donors (Lipinski definition) is 1. The van der Waals surface area contributed by atoms with Crippen LogP contribution in [0.25, 0.3) is 0 Å². The van der Waals surface area contributed by atoms with Gasteiger partial charge >= 0.3 is 0 Å². The minimum absolute atomic E-state index is 0.142. The van der Waals surface area contributed by atoms with Crippen molar-refractivity contribution < 1.29 is 18.7 Å². The van der Waals surface area contributed by atoms with Crippen LogP contribution in [0.5, 0.6) is 5.75 Å². The maximum absolute atomic E-state index is 14.3. The van der Waals surface area contributed by atoms with Gasteiger partial charge in [-0.2, -0.15) is 11.3 Å². The molecular formula is C23H22FN3O3S2. The van der Waals surface area contributed by atoms with Crippen LogP contribution in [-0.4, -0.2) is 49.5 Å². The van der Waals surface area contributed by atoms with E-state index in [0.29, 0.717) is 39.6 Å². The highest BCUT2D eigenvalue weighted by molar-refractivity contribution is 7.16. The number of likely N-dealkylation sites (tertiary alicyclic amines) is 1. The second kappa shape index (κ2) is 10.6. The molecule has 1 fully saturated rings. The van der Waals surface area contributed by atoms with E-state index in [9.17, 15) is 14.0 Å². The first-order chi connectivity index (χ1) is 15.6. The Bertz CT molecular complexity index is 1110. The van der Waals surface area contributed by atoms with Crippen LogP contribution in [-0.2, 0) is 0 Å². The third-order valence-corrected chi connectivity index (χ3v) is 6.82. The van der Waals surface area contributed by atoms with Gasteiger partial charge in [-0.25, -0.2) is 9.38 Å². The molecule has 6 nitrogen and oxygen atoms in total. The Morgan fingerprint density at radius 1 is 1.25 bits per heavy atom. The second-order valence-corrected chi connectivity index (χ2v) is 9.13. The number of ether oxygens (including phenoxy) is 1.